The second kappa shape index (κ2) is 7.80. The zero-order chi connectivity index (χ0) is 14.3. The number of allylic oxidation sites excluding steroid dienone is 2. The van der Waals surface area contributed by atoms with Crippen molar-refractivity contribution in [2.24, 2.45) is 0 Å². The molecule has 0 bridgehead atoms. The van der Waals surface area contributed by atoms with E-state index >= 15 is 0 Å². The third-order valence-electron chi connectivity index (χ3n) is 3.42. The molecule has 1 N–H and O–H groups in total. The van der Waals surface area contributed by atoms with E-state index in [1.807, 2.05) is 20.0 Å². The lowest BCUT2D eigenvalue weighted by Crippen LogP contribution is -2.17. The van der Waals surface area contributed by atoms with E-state index in [4.69, 9.17) is 0 Å². The van der Waals surface area contributed by atoms with Crippen LogP contribution >= 0.6 is 0 Å². The molecule has 0 saturated carbocycles. The summed E-state index contributed by atoms with van der Waals surface area (Å²) < 4.78 is 0. The Kier molecular flexibility index (Phi) is 6.37. The van der Waals surface area contributed by atoms with E-state index in [9.17, 15) is 5.11 Å². The Morgan fingerprint density at radius 3 is 2.32 bits per heavy atom. The summed E-state index contributed by atoms with van der Waals surface area (Å²) in [5.41, 5.74) is 4.53. The van der Waals surface area contributed by atoms with Crippen molar-refractivity contribution in [2.75, 3.05) is 18.6 Å². The fourth-order valence-electron chi connectivity index (χ4n) is 1.91. The highest BCUT2D eigenvalue weighted by Gasteiger charge is 2.06. The summed E-state index contributed by atoms with van der Waals surface area (Å²) in [6.07, 6.45) is 6.11. The molecule has 0 radical (unpaired) electrons. The van der Waals surface area contributed by atoms with Gasteiger partial charge in [0, 0.05) is 18.4 Å². The van der Waals surface area contributed by atoms with E-state index in [2.05, 4.69) is 49.1 Å². The highest BCUT2D eigenvalue weighted by Crippen LogP contribution is 2.20. The third-order valence-corrected chi connectivity index (χ3v) is 3.42. The molecule has 19 heavy (non-hydrogen) atoms. The number of hydrogen-bond donors (Lipinski definition) is 1. The Labute approximate surface area is 117 Å². The summed E-state index contributed by atoms with van der Waals surface area (Å²) in [7, 11) is 2.03. The van der Waals surface area contributed by atoms with Crippen molar-refractivity contribution >= 4 is 5.69 Å². The van der Waals surface area contributed by atoms with Crippen LogP contribution in [0.2, 0.25) is 0 Å². The molecule has 0 aliphatic carbocycles. The van der Waals surface area contributed by atoms with Crippen LogP contribution in [0, 0.1) is 0 Å². The predicted octanol–water partition coefficient (Wildman–Crippen LogP) is 3.92. The maximum absolute atomic E-state index is 9.47. The smallest absolute Gasteiger partial charge is 0.0698 e. The van der Waals surface area contributed by atoms with Gasteiger partial charge in [0.2, 0.25) is 0 Å². The molecular formula is C17H25NO. The average molecular weight is 259 g/mol. The third kappa shape index (κ3) is 4.25. The van der Waals surface area contributed by atoms with Gasteiger partial charge in [-0.1, -0.05) is 38.1 Å². The number of nitrogens with zero attached hydrogens (tertiary/aromatic N) is 1. The minimum atomic E-state index is 0.0692. The van der Waals surface area contributed by atoms with Crippen LogP contribution in [0.5, 0.6) is 0 Å². The number of rotatable bonds is 6. The van der Waals surface area contributed by atoms with Crippen molar-refractivity contribution in [3.05, 3.63) is 53.3 Å². The molecule has 0 atom stereocenters. The largest absolute Gasteiger partial charge is 0.392 e. The van der Waals surface area contributed by atoms with Crippen molar-refractivity contribution in [2.45, 2.75) is 33.6 Å². The topological polar surface area (TPSA) is 23.5 Å². The minimum Gasteiger partial charge on any atom is -0.392 e. The first-order valence-corrected chi connectivity index (χ1v) is 6.93. The lowest BCUT2D eigenvalue weighted by molar-refractivity contribution is 0.333. The van der Waals surface area contributed by atoms with Gasteiger partial charge < -0.3 is 10.0 Å². The second-order valence-corrected chi connectivity index (χ2v) is 4.66. The van der Waals surface area contributed by atoms with Gasteiger partial charge in [-0.2, -0.15) is 0 Å². The quantitative estimate of drug-likeness (QED) is 0.783. The molecule has 0 heterocycles. The molecule has 2 nitrogen and oxygen atoms in total. The monoisotopic (exact) mass is 259 g/mol. The van der Waals surface area contributed by atoms with Gasteiger partial charge in [0.1, 0.15) is 0 Å². The molecular weight excluding hydrogens is 234 g/mol. The summed E-state index contributed by atoms with van der Waals surface area (Å²) in [4.78, 5) is 2.12. The molecule has 1 rings (SSSR count). The molecule has 0 aliphatic heterocycles. The molecule has 0 saturated heterocycles. The van der Waals surface area contributed by atoms with Gasteiger partial charge in [-0.05, 0) is 43.0 Å². The Balaban J connectivity index is 2.98. The van der Waals surface area contributed by atoms with E-state index in [-0.39, 0.29) is 6.61 Å². The first-order chi connectivity index (χ1) is 9.13. The SMILES string of the molecule is CC/C=C/C(CO)=C(/C)N(C)c1ccc(CC)cc1. The number of hydrogen-bond acceptors (Lipinski definition) is 2. The van der Waals surface area contributed by atoms with Crippen LogP contribution in [-0.2, 0) is 6.42 Å². The summed E-state index contributed by atoms with van der Waals surface area (Å²) >= 11 is 0. The van der Waals surface area contributed by atoms with Crippen LogP contribution in [0.3, 0.4) is 0 Å². The first-order valence-electron chi connectivity index (χ1n) is 6.93. The summed E-state index contributed by atoms with van der Waals surface area (Å²) in [5, 5.41) is 9.47. The number of aliphatic hydroxyl groups excluding tert-OH is 1. The number of aliphatic hydroxyl groups is 1. The molecule has 0 amide bonds. The van der Waals surface area contributed by atoms with Gasteiger partial charge >= 0.3 is 0 Å². The highest BCUT2D eigenvalue weighted by atomic mass is 16.3. The maximum atomic E-state index is 9.47. The Bertz CT molecular complexity index is 443. The van der Waals surface area contributed by atoms with Gasteiger partial charge in [0.15, 0.2) is 0 Å². The van der Waals surface area contributed by atoms with E-state index in [1.54, 1.807) is 0 Å². The number of anilines is 1. The zero-order valence-corrected chi connectivity index (χ0v) is 12.5. The number of benzene rings is 1. The summed E-state index contributed by atoms with van der Waals surface area (Å²) in [6.45, 7) is 6.36. The van der Waals surface area contributed by atoms with Crippen molar-refractivity contribution in [1.82, 2.24) is 0 Å². The van der Waals surface area contributed by atoms with E-state index in [0.717, 1.165) is 29.8 Å². The van der Waals surface area contributed by atoms with Crippen LogP contribution in [0.4, 0.5) is 5.69 Å². The van der Waals surface area contributed by atoms with Crippen molar-refractivity contribution in [1.29, 1.82) is 0 Å². The van der Waals surface area contributed by atoms with Crippen LogP contribution < -0.4 is 4.90 Å². The molecule has 1 aromatic carbocycles. The Morgan fingerprint density at radius 2 is 1.84 bits per heavy atom. The normalized spacial score (nSPS) is 12.7. The Hall–Kier alpha value is -1.54. The molecule has 104 valence electrons. The van der Waals surface area contributed by atoms with Crippen LogP contribution in [0.1, 0.15) is 32.8 Å². The Morgan fingerprint density at radius 1 is 1.21 bits per heavy atom. The zero-order valence-electron chi connectivity index (χ0n) is 12.5. The van der Waals surface area contributed by atoms with Gasteiger partial charge in [0.05, 0.1) is 6.61 Å². The van der Waals surface area contributed by atoms with E-state index in [0.29, 0.717) is 0 Å². The van der Waals surface area contributed by atoms with Crippen molar-refractivity contribution in [3.8, 4) is 0 Å². The highest BCUT2D eigenvalue weighted by molar-refractivity contribution is 5.53. The molecule has 0 aliphatic rings. The number of aryl methyl sites for hydroxylation is 1. The molecule has 2 heteroatoms. The standard InChI is InChI=1S/C17H25NO/c1-5-7-8-16(13-19)14(3)18(4)17-11-9-15(6-2)10-12-17/h7-12,19H,5-6,13H2,1-4H3/b8-7+,16-14+. The maximum Gasteiger partial charge on any atom is 0.0698 e. The minimum absolute atomic E-state index is 0.0692. The van der Waals surface area contributed by atoms with Crippen LogP contribution in [0.15, 0.2) is 47.7 Å². The van der Waals surface area contributed by atoms with E-state index < -0.39 is 0 Å². The van der Waals surface area contributed by atoms with Crippen molar-refractivity contribution < 1.29 is 5.11 Å². The predicted molar refractivity (Wildman–Crippen MR) is 83.4 cm³/mol. The van der Waals surface area contributed by atoms with Gasteiger partial charge in [-0.25, -0.2) is 0 Å². The summed E-state index contributed by atoms with van der Waals surface area (Å²) in [5.74, 6) is 0. The van der Waals surface area contributed by atoms with Crippen molar-refractivity contribution in [3.63, 3.8) is 0 Å². The van der Waals surface area contributed by atoms with E-state index in [1.165, 1.54) is 5.56 Å². The van der Waals surface area contributed by atoms with Crippen LogP contribution in [0.25, 0.3) is 0 Å². The fraction of sp³-hybridized carbons (Fsp3) is 0.412. The fourth-order valence-corrected chi connectivity index (χ4v) is 1.91. The molecule has 0 spiro atoms. The molecule has 0 fully saturated rings. The summed E-state index contributed by atoms with van der Waals surface area (Å²) in [6, 6.07) is 8.56. The lowest BCUT2D eigenvalue weighted by Gasteiger charge is -2.22. The van der Waals surface area contributed by atoms with Gasteiger partial charge in [0.25, 0.3) is 0 Å². The van der Waals surface area contributed by atoms with Crippen LogP contribution in [-0.4, -0.2) is 18.8 Å². The molecule has 0 unspecified atom stereocenters. The second-order valence-electron chi connectivity index (χ2n) is 4.66. The molecule has 1 aromatic rings. The first kappa shape index (κ1) is 15.5. The van der Waals surface area contributed by atoms with Gasteiger partial charge in [-0.15, -0.1) is 0 Å². The molecule has 0 aromatic heterocycles. The lowest BCUT2D eigenvalue weighted by atomic mass is 10.1. The van der Waals surface area contributed by atoms with Gasteiger partial charge in [-0.3, -0.25) is 0 Å². The average Bonchev–Trinajstić information content (AvgIpc) is 2.47.